The molecule has 3 nitrogen and oxygen atoms in total. The lowest BCUT2D eigenvalue weighted by atomic mass is 10.2. The van der Waals surface area contributed by atoms with Crippen LogP contribution in [0.4, 0.5) is 4.39 Å². The van der Waals surface area contributed by atoms with Crippen LogP contribution in [0.3, 0.4) is 0 Å². The van der Waals surface area contributed by atoms with E-state index in [2.05, 4.69) is 11.9 Å². The number of carbonyl (C=O) groups is 1. The molecule has 1 aliphatic heterocycles. The van der Waals surface area contributed by atoms with E-state index in [-0.39, 0.29) is 18.9 Å². The topological polar surface area (TPSA) is 38.3 Å². The third-order valence-electron chi connectivity index (χ3n) is 3.28. The summed E-state index contributed by atoms with van der Waals surface area (Å²) in [5.74, 6) is -0.691. The van der Waals surface area contributed by atoms with Gasteiger partial charge in [0.05, 0.1) is 12.2 Å². The molecule has 0 radical (unpaired) electrons. The Kier molecular flexibility index (Phi) is 22.3. The number of piperidine rings is 1. The number of allylic oxidation sites excluding steroid dienone is 2. The van der Waals surface area contributed by atoms with E-state index in [0.29, 0.717) is 6.42 Å². The van der Waals surface area contributed by atoms with E-state index in [1.807, 2.05) is 51.1 Å². The first-order chi connectivity index (χ1) is 13.1. The van der Waals surface area contributed by atoms with Crippen LogP contribution in [0.2, 0.25) is 0 Å². The maximum absolute atomic E-state index is 12.7. The summed E-state index contributed by atoms with van der Waals surface area (Å²) in [6, 6.07) is 9.38. The van der Waals surface area contributed by atoms with Crippen molar-refractivity contribution in [3.8, 4) is 0 Å². The van der Waals surface area contributed by atoms with Gasteiger partial charge in [0.1, 0.15) is 6.61 Å². The molecule has 0 bridgehead atoms. The predicted molar refractivity (Wildman–Crippen MR) is 114 cm³/mol. The highest BCUT2D eigenvalue weighted by Gasteiger charge is 2.01. The summed E-state index contributed by atoms with van der Waals surface area (Å²) in [6.45, 7) is 13.7. The molecule has 0 spiro atoms. The molecule has 1 aromatic carbocycles. The summed E-state index contributed by atoms with van der Waals surface area (Å²) < 4.78 is 17.7. The quantitative estimate of drug-likeness (QED) is 0.478. The molecular weight excluding hydrogens is 341 g/mol. The Morgan fingerprint density at radius 2 is 1.74 bits per heavy atom. The molecule has 1 fully saturated rings. The van der Waals surface area contributed by atoms with E-state index in [4.69, 9.17) is 4.74 Å². The lowest BCUT2D eigenvalue weighted by Crippen LogP contribution is -2.21. The van der Waals surface area contributed by atoms with Crippen molar-refractivity contribution in [2.24, 2.45) is 0 Å². The monoisotopic (exact) mass is 379 g/mol. The Labute approximate surface area is 165 Å². The van der Waals surface area contributed by atoms with Crippen molar-refractivity contribution in [3.63, 3.8) is 0 Å². The summed E-state index contributed by atoms with van der Waals surface area (Å²) in [5, 5.41) is 3.28. The van der Waals surface area contributed by atoms with E-state index >= 15 is 0 Å². The highest BCUT2D eigenvalue weighted by Crippen LogP contribution is 2.05. The van der Waals surface area contributed by atoms with E-state index in [1.165, 1.54) is 38.4 Å². The fraction of sp³-hybridized carbons (Fsp3) is 0.522. The molecule has 27 heavy (non-hydrogen) atoms. The molecular formula is C23H38FNO2. The Morgan fingerprint density at radius 3 is 2.15 bits per heavy atom. The van der Waals surface area contributed by atoms with Gasteiger partial charge in [-0.2, -0.15) is 0 Å². The first-order valence-corrected chi connectivity index (χ1v) is 9.95. The average molecular weight is 380 g/mol. The summed E-state index contributed by atoms with van der Waals surface area (Å²) >= 11 is 0. The highest BCUT2D eigenvalue weighted by molar-refractivity contribution is 5.71. The van der Waals surface area contributed by atoms with Crippen molar-refractivity contribution in [1.82, 2.24) is 5.32 Å². The maximum Gasteiger partial charge on any atom is 0.310 e. The minimum Gasteiger partial charge on any atom is -0.461 e. The molecule has 0 unspecified atom stereocenters. The highest BCUT2D eigenvalue weighted by atomic mass is 19.1. The van der Waals surface area contributed by atoms with Crippen LogP contribution in [-0.4, -0.2) is 19.1 Å². The van der Waals surface area contributed by atoms with Crippen molar-refractivity contribution in [2.45, 2.75) is 66.4 Å². The molecule has 0 aromatic heterocycles. The van der Waals surface area contributed by atoms with Crippen molar-refractivity contribution in [3.05, 3.63) is 60.5 Å². The van der Waals surface area contributed by atoms with Crippen LogP contribution in [0.1, 0.15) is 65.4 Å². The Bertz CT molecular complexity index is 471. The normalized spacial score (nSPS) is 12.7. The van der Waals surface area contributed by atoms with Crippen molar-refractivity contribution >= 4 is 5.97 Å². The third-order valence-corrected chi connectivity index (χ3v) is 3.28. The molecule has 1 saturated heterocycles. The standard InChI is InChI=1S/C13H15FO2.C5H11N.C3H6.C2H6/c1-2-12(14)8-9-13(15)16-10-11-6-4-3-5-7-11;1-2-4-6-5-3-1;1-3-2;1-2/h3-8H,2,9-10H2,1H3;6H,1-5H2;3H,1H2,2H3;1-2H3/b12-8-;;;. The molecule has 1 aliphatic rings. The Balaban J connectivity index is 0. The third kappa shape index (κ3) is 20.2. The number of rotatable bonds is 5. The number of esters is 1. The molecule has 0 atom stereocenters. The van der Waals surface area contributed by atoms with Gasteiger partial charge in [-0.3, -0.25) is 4.79 Å². The SMILES string of the molecule is C1CCNCC1.C=CC.CC.CC/C(F)=C/CC(=O)OCc1ccccc1. The van der Waals surface area contributed by atoms with Gasteiger partial charge < -0.3 is 10.1 Å². The summed E-state index contributed by atoms with van der Waals surface area (Å²) in [6.07, 6.45) is 7.53. The maximum atomic E-state index is 12.7. The second-order valence-electron chi connectivity index (χ2n) is 5.57. The van der Waals surface area contributed by atoms with Crippen LogP contribution < -0.4 is 5.32 Å². The number of hydrogen-bond donors (Lipinski definition) is 1. The van der Waals surface area contributed by atoms with Crippen LogP contribution >= 0.6 is 0 Å². The molecule has 1 N–H and O–H groups in total. The molecule has 0 saturated carbocycles. The number of hydrogen-bond acceptors (Lipinski definition) is 3. The van der Waals surface area contributed by atoms with Crippen molar-refractivity contribution in [2.75, 3.05) is 13.1 Å². The largest absolute Gasteiger partial charge is 0.461 e. The number of nitrogens with one attached hydrogen (secondary N) is 1. The minimum atomic E-state index is -0.410. The number of benzene rings is 1. The Morgan fingerprint density at radius 1 is 1.19 bits per heavy atom. The summed E-state index contributed by atoms with van der Waals surface area (Å²) in [4.78, 5) is 11.2. The second kappa shape index (κ2) is 22.1. The Hall–Kier alpha value is -1.94. The van der Waals surface area contributed by atoms with Gasteiger partial charge in [-0.25, -0.2) is 4.39 Å². The first kappa shape index (κ1) is 27.3. The van der Waals surface area contributed by atoms with Crippen LogP contribution in [0.25, 0.3) is 0 Å². The molecule has 0 aliphatic carbocycles. The molecule has 1 aromatic rings. The number of ether oxygens (including phenoxy) is 1. The van der Waals surface area contributed by atoms with Crippen LogP contribution in [-0.2, 0) is 16.1 Å². The number of halogens is 1. The van der Waals surface area contributed by atoms with Gasteiger partial charge in [-0.05, 0) is 50.9 Å². The van der Waals surface area contributed by atoms with Crippen molar-refractivity contribution < 1.29 is 13.9 Å². The fourth-order valence-corrected chi connectivity index (χ4v) is 1.94. The minimum absolute atomic E-state index is 0.00743. The van der Waals surface area contributed by atoms with Gasteiger partial charge in [0.15, 0.2) is 0 Å². The van der Waals surface area contributed by atoms with Gasteiger partial charge in [0.25, 0.3) is 0 Å². The zero-order valence-electron chi connectivity index (χ0n) is 17.6. The molecule has 0 amide bonds. The van der Waals surface area contributed by atoms with Crippen LogP contribution in [0.5, 0.6) is 0 Å². The van der Waals surface area contributed by atoms with Gasteiger partial charge in [0, 0.05) is 0 Å². The lowest BCUT2D eigenvalue weighted by Gasteiger charge is -2.08. The molecule has 4 heteroatoms. The summed E-state index contributed by atoms with van der Waals surface area (Å²) in [7, 11) is 0. The predicted octanol–water partition coefficient (Wildman–Crippen LogP) is 6.36. The van der Waals surface area contributed by atoms with Crippen LogP contribution in [0.15, 0.2) is 54.9 Å². The summed E-state index contributed by atoms with van der Waals surface area (Å²) in [5.41, 5.74) is 0.927. The van der Waals surface area contributed by atoms with E-state index in [9.17, 15) is 9.18 Å². The van der Waals surface area contributed by atoms with Gasteiger partial charge in [-0.15, -0.1) is 6.58 Å². The van der Waals surface area contributed by atoms with Gasteiger partial charge in [0.2, 0.25) is 0 Å². The van der Waals surface area contributed by atoms with Crippen molar-refractivity contribution in [1.29, 1.82) is 0 Å². The van der Waals surface area contributed by atoms with Gasteiger partial charge >= 0.3 is 5.97 Å². The smallest absolute Gasteiger partial charge is 0.310 e. The first-order valence-electron chi connectivity index (χ1n) is 9.95. The number of carbonyl (C=O) groups excluding carboxylic acids is 1. The van der Waals surface area contributed by atoms with E-state index in [0.717, 1.165) is 5.56 Å². The second-order valence-corrected chi connectivity index (χ2v) is 5.57. The lowest BCUT2D eigenvalue weighted by molar-refractivity contribution is -0.143. The molecule has 2 rings (SSSR count). The average Bonchev–Trinajstić information content (AvgIpc) is 2.75. The van der Waals surface area contributed by atoms with E-state index in [1.54, 1.807) is 13.0 Å². The zero-order valence-corrected chi connectivity index (χ0v) is 17.6. The van der Waals surface area contributed by atoms with Gasteiger partial charge in [-0.1, -0.05) is 63.6 Å². The van der Waals surface area contributed by atoms with E-state index < -0.39 is 5.97 Å². The molecule has 1 heterocycles. The zero-order chi connectivity index (χ0) is 20.8. The fourth-order valence-electron chi connectivity index (χ4n) is 1.94. The molecule has 154 valence electrons. The van der Waals surface area contributed by atoms with Crippen LogP contribution in [0, 0.1) is 0 Å².